The number of rotatable bonds is 6. The van der Waals surface area contributed by atoms with Crippen LogP contribution in [0.4, 0.5) is 0 Å². The number of nitrogens with one attached hydrogen (secondary N) is 1. The minimum Gasteiger partial charge on any atom is -0.492 e. The molecule has 27 heavy (non-hydrogen) atoms. The molecule has 3 rings (SSSR count). The molecule has 2 heterocycles. The van der Waals surface area contributed by atoms with Crippen molar-refractivity contribution in [2.75, 3.05) is 24.7 Å². The van der Waals surface area contributed by atoms with Crippen molar-refractivity contribution < 1.29 is 22.7 Å². The summed E-state index contributed by atoms with van der Waals surface area (Å²) in [6, 6.07) is 7.15. The van der Waals surface area contributed by atoms with E-state index >= 15 is 0 Å². The molecule has 146 valence electrons. The molecule has 0 spiro atoms. The molecule has 2 aliphatic rings. The summed E-state index contributed by atoms with van der Waals surface area (Å²) in [6.07, 6.45) is 0.763. The second kappa shape index (κ2) is 8.08. The van der Waals surface area contributed by atoms with E-state index in [4.69, 9.17) is 4.74 Å². The Balaban J connectivity index is 1.53. The normalized spacial score (nSPS) is 21.7. The molecule has 0 aromatic heterocycles. The van der Waals surface area contributed by atoms with Crippen LogP contribution in [0.5, 0.6) is 5.75 Å². The molecule has 1 atom stereocenters. The van der Waals surface area contributed by atoms with E-state index in [-0.39, 0.29) is 41.9 Å². The first-order valence-electron chi connectivity index (χ1n) is 8.92. The minimum atomic E-state index is -3.13. The molecule has 0 bridgehead atoms. The lowest BCUT2D eigenvalue weighted by molar-refractivity contribution is -0.133. The van der Waals surface area contributed by atoms with Crippen molar-refractivity contribution in [3.8, 4) is 5.75 Å². The van der Waals surface area contributed by atoms with E-state index < -0.39 is 15.9 Å². The number of amides is 2. The zero-order valence-corrected chi connectivity index (χ0v) is 16.0. The minimum absolute atomic E-state index is 0.0504. The monoisotopic (exact) mass is 393 g/mol. The fraction of sp³-hybridized carbons (Fsp3) is 0.500. The first-order chi connectivity index (χ1) is 12.8. The fourth-order valence-corrected chi connectivity index (χ4v) is 4.82. The molecule has 0 saturated carbocycles. The van der Waals surface area contributed by atoms with Gasteiger partial charge < -0.3 is 10.1 Å². The van der Waals surface area contributed by atoms with Crippen LogP contribution in [0.1, 0.15) is 24.8 Å². The van der Waals surface area contributed by atoms with Gasteiger partial charge in [-0.1, -0.05) is 12.1 Å². The van der Waals surface area contributed by atoms with Crippen molar-refractivity contribution in [3.63, 3.8) is 0 Å². The molecule has 0 radical (unpaired) electrons. The molecule has 1 saturated heterocycles. The topological polar surface area (TPSA) is 105 Å². The van der Waals surface area contributed by atoms with Crippen LogP contribution < -0.4 is 10.1 Å². The molecule has 1 fully saturated rings. The Kier molecular flexibility index (Phi) is 5.79. The molecule has 1 aromatic rings. The third-order valence-corrected chi connectivity index (χ3v) is 6.27. The first kappa shape index (κ1) is 19.3. The number of carbonyl (C=O) groups is 2. The molecule has 9 heteroatoms. The smallest absolute Gasteiger partial charge is 0.267 e. The summed E-state index contributed by atoms with van der Waals surface area (Å²) in [5, 5.41) is 8.06. The Morgan fingerprint density at radius 3 is 2.89 bits per heavy atom. The maximum absolute atomic E-state index is 12.3. The van der Waals surface area contributed by atoms with Crippen LogP contribution in [0.2, 0.25) is 0 Å². The highest BCUT2D eigenvalue weighted by Crippen LogP contribution is 2.22. The molecular weight excluding hydrogens is 370 g/mol. The molecule has 2 amide bonds. The summed E-state index contributed by atoms with van der Waals surface area (Å²) in [6.45, 7) is 2.59. The zero-order chi connectivity index (χ0) is 19.4. The van der Waals surface area contributed by atoms with Gasteiger partial charge in [-0.05, 0) is 31.0 Å². The summed E-state index contributed by atoms with van der Waals surface area (Å²) >= 11 is 0. The number of nitrogens with zero attached hydrogens (tertiary/aromatic N) is 2. The van der Waals surface area contributed by atoms with Crippen LogP contribution in [0, 0.1) is 6.92 Å². The number of hydrazone groups is 1. The van der Waals surface area contributed by atoms with Crippen molar-refractivity contribution in [2.45, 2.75) is 32.2 Å². The second-order valence-electron chi connectivity index (χ2n) is 6.76. The predicted molar refractivity (Wildman–Crippen MR) is 100 cm³/mol. The number of carbonyl (C=O) groups excluding carboxylic acids is 2. The van der Waals surface area contributed by atoms with Crippen LogP contribution in [0.25, 0.3) is 0 Å². The van der Waals surface area contributed by atoms with E-state index in [0.717, 1.165) is 11.3 Å². The Morgan fingerprint density at radius 1 is 1.37 bits per heavy atom. The molecule has 1 aromatic carbocycles. The standard InChI is InChI=1S/C18H23N3O5S/c1-13-3-2-4-15(11-13)26-9-8-19-18(23)16-5-6-17(22)21(20-16)14-7-10-27(24,25)12-14/h2-4,11,14H,5-10,12H2,1H3,(H,19,23). The van der Waals surface area contributed by atoms with Crippen molar-refractivity contribution in [3.05, 3.63) is 29.8 Å². The predicted octanol–water partition coefficient (Wildman–Crippen LogP) is 0.656. The van der Waals surface area contributed by atoms with E-state index in [0.29, 0.717) is 19.6 Å². The maximum Gasteiger partial charge on any atom is 0.267 e. The lowest BCUT2D eigenvalue weighted by atomic mass is 10.1. The first-order valence-corrected chi connectivity index (χ1v) is 10.7. The van der Waals surface area contributed by atoms with Crippen LogP contribution >= 0.6 is 0 Å². The Hall–Kier alpha value is -2.42. The Labute approximate surface area is 158 Å². The summed E-state index contributed by atoms with van der Waals surface area (Å²) in [7, 11) is -3.13. The lowest BCUT2D eigenvalue weighted by Crippen LogP contribution is -2.44. The molecule has 8 nitrogen and oxygen atoms in total. The molecule has 2 aliphatic heterocycles. The molecule has 1 unspecified atom stereocenters. The third-order valence-electron chi connectivity index (χ3n) is 4.52. The number of hydrogen-bond donors (Lipinski definition) is 1. The average molecular weight is 393 g/mol. The third kappa shape index (κ3) is 5.06. The van der Waals surface area contributed by atoms with Crippen LogP contribution in [0.3, 0.4) is 0 Å². The quantitative estimate of drug-likeness (QED) is 0.715. The number of benzene rings is 1. The van der Waals surface area contributed by atoms with E-state index in [1.54, 1.807) is 0 Å². The van der Waals surface area contributed by atoms with Crippen LogP contribution in [-0.4, -0.2) is 61.7 Å². The van der Waals surface area contributed by atoms with Gasteiger partial charge in [-0.25, -0.2) is 13.4 Å². The average Bonchev–Trinajstić information content (AvgIpc) is 2.98. The second-order valence-corrected chi connectivity index (χ2v) is 8.99. The van der Waals surface area contributed by atoms with E-state index in [9.17, 15) is 18.0 Å². The number of aryl methyl sites for hydroxylation is 1. The molecule has 0 aliphatic carbocycles. The fourth-order valence-electron chi connectivity index (χ4n) is 3.13. The van der Waals surface area contributed by atoms with E-state index in [1.807, 2.05) is 31.2 Å². The molecule has 1 N–H and O–H groups in total. The lowest BCUT2D eigenvalue weighted by Gasteiger charge is -2.27. The maximum atomic E-state index is 12.3. The highest BCUT2D eigenvalue weighted by atomic mass is 32.2. The van der Waals surface area contributed by atoms with Crippen LogP contribution in [0.15, 0.2) is 29.4 Å². The van der Waals surface area contributed by atoms with Gasteiger partial charge >= 0.3 is 0 Å². The Morgan fingerprint density at radius 2 is 2.19 bits per heavy atom. The largest absolute Gasteiger partial charge is 0.492 e. The Bertz CT molecular complexity index is 866. The number of hydrogen-bond acceptors (Lipinski definition) is 6. The van der Waals surface area contributed by atoms with Crippen molar-refractivity contribution in [1.29, 1.82) is 0 Å². The van der Waals surface area contributed by atoms with Gasteiger partial charge in [0.1, 0.15) is 18.1 Å². The van der Waals surface area contributed by atoms with Gasteiger partial charge in [0.25, 0.3) is 5.91 Å². The van der Waals surface area contributed by atoms with Gasteiger partial charge in [0.15, 0.2) is 9.84 Å². The van der Waals surface area contributed by atoms with Gasteiger partial charge in [-0.2, -0.15) is 5.10 Å². The summed E-state index contributed by atoms with van der Waals surface area (Å²) in [4.78, 5) is 24.4. The van der Waals surface area contributed by atoms with Crippen LogP contribution in [-0.2, 0) is 19.4 Å². The summed E-state index contributed by atoms with van der Waals surface area (Å²) in [5.41, 5.74) is 1.33. The highest BCUT2D eigenvalue weighted by Gasteiger charge is 2.37. The highest BCUT2D eigenvalue weighted by molar-refractivity contribution is 7.91. The zero-order valence-electron chi connectivity index (χ0n) is 15.2. The number of ether oxygens (including phenoxy) is 1. The number of sulfone groups is 1. The van der Waals surface area contributed by atoms with E-state index in [2.05, 4.69) is 10.4 Å². The SMILES string of the molecule is Cc1cccc(OCCNC(=O)C2=NN(C3CCS(=O)(=O)C3)C(=O)CC2)c1. The van der Waals surface area contributed by atoms with Gasteiger partial charge in [0.05, 0.1) is 24.1 Å². The van der Waals surface area contributed by atoms with Gasteiger partial charge in [-0.15, -0.1) is 0 Å². The van der Waals surface area contributed by atoms with Crippen molar-refractivity contribution >= 4 is 27.4 Å². The van der Waals surface area contributed by atoms with Gasteiger partial charge in [0, 0.05) is 12.8 Å². The van der Waals surface area contributed by atoms with Crippen molar-refractivity contribution in [2.24, 2.45) is 5.10 Å². The van der Waals surface area contributed by atoms with Gasteiger partial charge in [-0.3, -0.25) is 9.59 Å². The van der Waals surface area contributed by atoms with Gasteiger partial charge in [0.2, 0.25) is 5.91 Å². The summed E-state index contributed by atoms with van der Waals surface area (Å²) in [5.74, 6) is 0.0899. The van der Waals surface area contributed by atoms with E-state index in [1.165, 1.54) is 5.01 Å². The summed E-state index contributed by atoms with van der Waals surface area (Å²) < 4.78 is 28.9. The molecular formula is C18H23N3O5S. The van der Waals surface area contributed by atoms with Crippen molar-refractivity contribution in [1.82, 2.24) is 10.3 Å².